The van der Waals surface area contributed by atoms with Crippen molar-refractivity contribution < 1.29 is 42.9 Å². The van der Waals surface area contributed by atoms with Crippen molar-refractivity contribution >= 4 is 17.9 Å². The lowest BCUT2D eigenvalue weighted by molar-refractivity contribution is -0.870. The highest BCUT2D eigenvalue weighted by atomic mass is 16.7. The van der Waals surface area contributed by atoms with Crippen molar-refractivity contribution in [3.05, 3.63) is 134 Å². The van der Waals surface area contributed by atoms with Crippen molar-refractivity contribution in [3.8, 4) is 0 Å². The minimum absolute atomic E-state index is 0.174. The molecule has 424 valence electrons. The predicted octanol–water partition coefficient (Wildman–Crippen LogP) is 17.5. The maximum atomic E-state index is 12.9. The first-order valence-electron chi connectivity index (χ1n) is 29.3. The Morgan fingerprint density at radius 3 is 1.13 bits per heavy atom. The Hall–Kier alpha value is -4.57. The summed E-state index contributed by atoms with van der Waals surface area (Å²) in [4.78, 5) is 37.4. The summed E-state index contributed by atoms with van der Waals surface area (Å²) in [6, 6.07) is 0. The Morgan fingerprint density at radius 1 is 0.413 bits per heavy atom. The van der Waals surface area contributed by atoms with Crippen LogP contribution >= 0.6 is 0 Å². The van der Waals surface area contributed by atoms with E-state index >= 15 is 0 Å². The SMILES string of the molecule is CC/C=C\C/C=C\C/C=C\C/C=C\C/C=C\C/C=C\C/C=C\C/C=C\CCCCCCCCC(=O)OC(COC(=O)CCCCCCCC/C=C\C/C=C\C/C=C\CCCCC)COC(OCC[N+](C)(C)C)C(=O)O. The number of esters is 2. The number of hydrogen-bond donors (Lipinski definition) is 1. The zero-order valence-corrected chi connectivity index (χ0v) is 48.2. The molecule has 0 aliphatic rings. The van der Waals surface area contributed by atoms with Gasteiger partial charge in [-0.25, -0.2) is 4.79 Å². The van der Waals surface area contributed by atoms with Gasteiger partial charge in [-0.05, 0) is 116 Å². The van der Waals surface area contributed by atoms with Gasteiger partial charge in [0.05, 0.1) is 34.4 Å². The second kappa shape index (κ2) is 55.7. The fraction of sp³-hybridized carbons (Fsp3) is 0.621. The van der Waals surface area contributed by atoms with Gasteiger partial charge >= 0.3 is 17.9 Å². The maximum absolute atomic E-state index is 12.9. The number of allylic oxidation sites excluding steroid dienone is 22. The molecule has 9 heteroatoms. The van der Waals surface area contributed by atoms with E-state index in [2.05, 4.69) is 148 Å². The Bertz CT molecular complexity index is 1690. The molecule has 0 aliphatic heterocycles. The molecule has 2 unspecified atom stereocenters. The molecule has 0 radical (unpaired) electrons. The summed E-state index contributed by atoms with van der Waals surface area (Å²) in [5.74, 6) is -2.06. The number of carboxylic acids is 1. The molecule has 0 amide bonds. The summed E-state index contributed by atoms with van der Waals surface area (Å²) < 4.78 is 22.8. The minimum Gasteiger partial charge on any atom is -0.477 e. The van der Waals surface area contributed by atoms with Crippen LogP contribution in [0.15, 0.2) is 134 Å². The van der Waals surface area contributed by atoms with Crippen LogP contribution in [0.4, 0.5) is 0 Å². The van der Waals surface area contributed by atoms with Gasteiger partial charge in [0.1, 0.15) is 13.2 Å². The van der Waals surface area contributed by atoms with Crippen LogP contribution in [0.3, 0.4) is 0 Å². The van der Waals surface area contributed by atoms with Crippen LogP contribution in [-0.2, 0) is 33.3 Å². The summed E-state index contributed by atoms with van der Waals surface area (Å²) in [5, 5.41) is 9.70. The maximum Gasteiger partial charge on any atom is 0.361 e. The summed E-state index contributed by atoms with van der Waals surface area (Å²) in [6.45, 7) is 4.68. The number of likely N-dealkylation sites (N-methyl/N-ethyl adjacent to an activating group) is 1. The summed E-state index contributed by atoms with van der Waals surface area (Å²) in [5.41, 5.74) is 0. The fourth-order valence-corrected chi connectivity index (χ4v) is 7.39. The van der Waals surface area contributed by atoms with Gasteiger partial charge in [-0.1, -0.05) is 212 Å². The summed E-state index contributed by atoms with van der Waals surface area (Å²) in [6.07, 6.45) is 76.6. The molecule has 9 nitrogen and oxygen atoms in total. The summed E-state index contributed by atoms with van der Waals surface area (Å²) >= 11 is 0. The van der Waals surface area contributed by atoms with Gasteiger partial charge in [-0.3, -0.25) is 9.59 Å². The van der Waals surface area contributed by atoms with Gasteiger partial charge in [-0.15, -0.1) is 0 Å². The quantitative estimate of drug-likeness (QED) is 0.0211. The van der Waals surface area contributed by atoms with Crippen LogP contribution in [-0.4, -0.2) is 87.4 Å². The van der Waals surface area contributed by atoms with Crippen LogP contribution in [0.5, 0.6) is 0 Å². The van der Waals surface area contributed by atoms with E-state index < -0.39 is 24.3 Å². The smallest absolute Gasteiger partial charge is 0.361 e. The van der Waals surface area contributed by atoms with Crippen molar-refractivity contribution in [1.29, 1.82) is 0 Å². The van der Waals surface area contributed by atoms with E-state index in [1.165, 1.54) is 38.5 Å². The third kappa shape index (κ3) is 57.0. The number of carbonyl (C=O) groups excluding carboxylic acids is 2. The van der Waals surface area contributed by atoms with Crippen molar-refractivity contribution in [2.45, 2.75) is 219 Å². The molecule has 0 bridgehead atoms. The molecule has 1 N–H and O–H groups in total. The molecule has 75 heavy (non-hydrogen) atoms. The van der Waals surface area contributed by atoms with Gasteiger partial charge in [-0.2, -0.15) is 0 Å². The Balaban J connectivity index is 4.34. The molecule has 0 fully saturated rings. The van der Waals surface area contributed by atoms with Gasteiger partial charge in [0.2, 0.25) is 0 Å². The number of rotatable bonds is 52. The van der Waals surface area contributed by atoms with E-state index in [4.69, 9.17) is 18.9 Å². The summed E-state index contributed by atoms with van der Waals surface area (Å²) in [7, 11) is 5.95. The number of quaternary nitrogens is 1. The predicted molar refractivity (Wildman–Crippen MR) is 317 cm³/mol. The first-order chi connectivity index (χ1) is 36.6. The molecule has 0 spiro atoms. The second-order valence-corrected chi connectivity index (χ2v) is 20.2. The molecule has 2 atom stereocenters. The van der Waals surface area contributed by atoms with E-state index in [1.807, 2.05) is 21.1 Å². The third-order valence-corrected chi connectivity index (χ3v) is 11.9. The lowest BCUT2D eigenvalue weighted by atomic mass is 10.1. The van der Waals surface area contributed by atoms with Gasteiger partial charge in [0.25, 0.3) is 6.29 Å². The average Bonchev–Trinajstić information content (AvgIpc) is 3.38. The van der Waals surface area contributed by atoms with E-state index in [0.717, 1.165) is 135 Å². The average molecular weight is 1040 g/mol. The van der Waals surface area contributed by atoms with Crippen molar-refractivity contribution in [1.82, 2.24) is 0 Å². The molecule has 0 aliphatic carbocycles. The standard InChI is InChI=1S/C66H107NO8/c1-6-8-10-12-14-16-18-20-22-24-26-27-28-29-30-31-32-33-34-35-36-37-39-41-43-45-47-49-51-53-55-57-64(69)75-62(61-74-66(65(70)71)72-59-58-67(3,4)5)60-73-63(68)56-54-52-50-48-46-44-42-40-38-25-23-21-19-17-15-13-11-9-7-2/h8,10,14-17,20-23,26-27,29-30,32-33,35-36,38-41,62,66H,6-7,9,11-13,18-19,24-25,28,31,34,37,42-61H2,1-5H3/p+1/b10-8-,16-14-,17-15-,22-20-,23-21-,27-26-,30-29-,33-32-,36-35-,40-38-,41-39-. The second-order valence-electron chi connectivity index (χ2n) is 20.2. The molecule has 0 aromatic heterocycles. The van der Waals surface area contributed by atoms with Crippen molar-refractivity contribution in [2.24, 2.45) is 0 Å². The number of unbranched alkanes of at least 4 members (excludes halogenated alkanes) is 15. The molecule has 0 heterocycles. The number of carbonyl (C=O) groups is 3. The highest BCUT2D eigenvalue weighted by Gasteiger charge is 2.25. The van der Waals surface area contributed by atoms with Crippen LogP contribution in [0, 0.1) is 0 Å². The van der Waals surface area contributed by atoms with Gasteiger partial charge in [0.15, 0.2) is 6.10 Å². The third-order valence-electron chi connectivity index (χ3n) is 11.9. The van der Waals surface area contributed by atoms with Crippen LogP contribution in [0.25, 0.3) is 0 Å². The number of aliphatic carboxylic acids is 1. The lowest BCUT2D eigenvalue weighted by Gasteiger charge is -2.25. The Kier molecular flexibility index (Phi) is 52.3. The van der Waals surface area contributed by atoms with Crippen LogP contribution in [0.1, 0.15) is 206 Å². The molecule has 0 rings (SSSR count). The number of carboxylic acid groups (broad SMARTS) is 1. The van der Waals surface area contributed by atoms with Gasteiger partial charge in [0, 0.05) is 12.8 Å². The van der Waals surface area contributed by atoms with Gasteiger partial charge < -0.3 is 28.5 Å². The molecule has 0 aromatic carbocycles. The van der Waals surface area contributed by atoms with E-state index in [1.54, 1.807) is 0 Å². The number of nitrogens with zero attached hydrogens (tertiary/aromatic N) is 1. The topological polar surface area (TPSA) is 108 Å². The number of hydrogen-bond acceptors (Lipinski definition) is 7. The minimum atomic E-state index is -1.53. The normalized spacial score (nSPS) is 13.8. The molecule has 0 saturated heterocycles. The first-order valence-corrected chi connectivity index (χ1v) is 29.3. The highest BCUT2D eigenvalue weighted by molar-refractivity contribution is 5.71. The van der Waals surface area contributed by atoms with E-state index in [9.17, 15) is 19.5 Å². The molecular formula is C66H108NO8+. The first kappa shape index (κ1) is 70.4. The highest BCUT2D eigenvalue weighted by Crippen LogP contribution is 2.13. The van der Waals surface area contributed by atoms with Crippen molar-refractivity contribution in [2.75, 3.05) is 47.5 Å². The molecule has 0 saturated carbocycles. The van der Waals surface area contributed by atoms with Crippen LogP contribution in [0.2, 0.25) is 0 Å². The lowest BCUT2D eigenvalue weighted by Crippen LogP contribution is -2.40. The molecular weight excluding hydrogens is 935 g/mol. The van der Waals surface area contributed by atoms with E-state index in [0.29, 0.717) is 17.4 Å². The fourth-order valence-electron chi connectivity index (χ4n) is 7.39. The molecule has 0 aromatic rings. The number of ether oxygens (including phenoxy) is 4. The van der Waals surface area contributed by atoms with Crippen molar-refractivity contribution in [3.63, 3.8) is 0 Å². The van der Waals surface area contributed by atoms with E-state index in [-0.39, 0.29) is 38.6 Å². The monoisotopic (exact) mass is 1040 g/mol. The zero-order valence-electron chi connectivity index (χ0n) is 48.2. The van der Waals surface area contributed by atoms with Crippen LogP contribution < -0.4 is 0 Å². The zero-order chi connectivity index (χ0) is 54.8. The largest absolute Gasteiger partial charge is 0.477 e. The Morgan fingerprint density at radius 2 is 0.760 bits per heavy atom. The Labute approximate surface area is 459 Å².